The lowest BCUT2D eigenvalue weighted by atomic mass is 9.57. The molecule has 5 heteroatoms. The Morgan fingerprint density at radius 1 is 1.00 bits per heavy atom. The summed E-state index contributed by atoms with van der Waals surface area (Å²) >= 11 is 0. The van der Waals surface area contributed by atoms with E-state index in [2.05, 4.69) is 20.5 Å². The normalized spacial score (nSPS) is 28.8. The van der Waals surface area contributed by atoms with Gasteiger partial charge in [0.25, 0.3) is 0 Å². The van der Waals surface area contributed by atoms with Gasteiger partial charge in [-0.3, -0.25) is 4.79 Å². The summed E-state index contributed by atoms with van der Waals surface area (Å²) in [4.78, 5) is 20.1. The molecule has 4 aliphatic rings. The Bertz CT molecular complexity index is 929. The summed E-state index contributed by atoms with van der Waals surface area (Å²) < 4.78 is 8.04. The largest absolute Gasteiger partial charge is 0.460 e. The van der Waals surface area contributed by atoms with Crippen LogP contribution >= 0.6 is 0 Å². The SMILES string of the molecule is O=C1OC(Cn2cnc3ccccc32)CC12CCN(C1CC3(CCCCC3)C1)CC2. The van der Waals surface area contributed by atoms with Crippen molar-refractivity contribution in [2.24, 2.45) is 10.8 Å². The van der Waals surface area contributed by atoms with Gasteiger partial charge in [-0.25, -0.2) is 4.98 Å². The molecule has 0 amide bonds. The summed E-state index contributed by atoms with van der Waals surface area (Å²) in [7, 11) is 0. The van der Waals surface area contributed by atoms with E-state index >= 15 is 0 Å². The summed E-state index contributed by atoms with van der Waals surface area (Å²) in [6.07, 6.45) is 14.7. The first-order chi connectivity index (χ1) is 14.6. The third kappa shape index (κ3) is 3.08. The van der Waals surface area contributed by atoms with Crippen molar-refractivity contribution in [3.05, 3.63) is 30.6 Å². The highest BCUT2D eigenvalue weighted by molar-refractivity contribution is 5.79. The Balaban J connectivity index is 1.07. The first-order valence-electron chi connectivity index (χ1n) is 12.0. The number of ether oxygens (including phenoxy) is 1. The van der Waals surface area contributed by atoms with Gasteiger partial charge in [0, 0.05) is 12.5 Å². The molecular formula is C25H33N3O2. The number of imidazole rings is 1. The number of nitrogens with zero attached hydrogens (tertiary/aromatic N) is 3. The van der Waals surface area contributed by atoms with E-state index in [-0.39, 0.29) is 17.5 Å². The van der Waals surface area contributed by atoms with Crippen molar-refractivity contribution in [1.82, 2.24) is 14.5 Å². The second-order valence-electron chi connectivity index (χ2n) is 10.6. The molecule has 2 aliphatic heterocycles. The maximum Gasteiger partial charge on any atom is 0.312 e. The number of benzene rings is 1. The van der Waals surface area contributed by atoms with Crippen LogP contribution in [-0.4, -0.2) is 45.7 Å². The minimum absolute atomic E-state index is 0.0316. The number of esters is 1. The molecule has 2 aliphatic carbocycles. The summed E-state index contributed by atoms with van der Waals surface area (Å²) in [6.45, 7) is 2.84. The molecule has 5 nitrogen and oxygen atoms in total. The fraction of sp³-hybridized carbons (Fsp3) is 0.680. The quantitative estimate of drug-likeness (QED) is 0.701. The molecule has 2 saturated carbocycles. The molecule has 30 heavy (non-hydrogen) atoms. The molecule has 1 aromatic carbocycles. The molecule has 160 valence electrons. The van der Waals surface area contributed by atoms with Gasteiger partial charge in [-0.1, -0.05) is 31.4 Å². The zero-order valence-electron chi connectivity index (χ0n) is 17.9. The van der Waals surface area contributed by atoms with Crippen LogP contribution in [0.4, 0.5) is 0 Å². The number of likely N-dealkylation sites (tertiary alicyclic amines) is 1. The Labute approximate surface area is 178 Å². The van der Waals surface area contributed by atoms with Crippen LogP contribution in [0, 0.1) is 10.8 Å². The van der Waals surface area contributed by atoms with E-state index in [0.717, 1.165) is 49.4 Å². The summed E-state index contributed by atoms with van der Waals surface area (Å²) in [5.74, 6) is 0.0499. The summed E-state index contributed by atoms with van der Waals surface area (Å²) in [5.41, 5.74) is 2.55. The van der Waals surface area contributed by atoms with E-state index in [1.54, 1.807) is 0 Å². The molecule has 1 atom stereocenters. The first kappa shape index (κ1) is 18.9. The van der Waals surface area contributed by atoms with Gasteiger partial charge in [-0.05, 0) is 69.2 Å². The van der Waals surface area contributed by atoms with Crippen molar-refractivity contribution in [3.63, 3.8) is 0 Å². The number of rotatable bonds is 3. The molecule has 0 N–H and O–H groups in total. The van der Waals surface area contributed by atoms with Crippen LogP contribution in [0.15, 0.2) is 30.6 Å². The Hall–Kier alpha value is -1.88. The number of carbonyl (C=O) groups excluding carboxylic acids is 1. The number of carbonyl (C=O) groups is 1. The van der Waals surface area contributed by atoms with Crippen LogP contribution in [0.25, 0.3) is 11.0 Å². The van der Waals surface area contributed by atoms with Gasteiger partial charge in [0.1, 0.15) is 6.10 Å². The number of aromatic nitrogens is 2. The summed E-state index contributed by atoms with van der Waals surface area (Å²) in [6, 6.07) is 8.94. The van der Waals surface area contributed by atoms with Crippen molar-refractivity contribution < 1.29 is 9.53 Å². The molecule has 4 fully saturated rings. The van der Waals surface area contributed by atoms with Gasteiger partial charge in [-0.2, -0.15) is 0 Å². The molecule has 3 heterocycles. The van der Waals surface area contributed by atoms with E-state index in [1.807, 2.05) is 24.5 Å². The maximum absolute atomic E-state index is 12.9. The zero-order chi connectivity index (χ0) is 20.2. The molecular weight excluding hydrogens is 374 g/mol. The highest BCUT2D eigenvalue weighted by atomic mass is 16.6. The molecule has 0 radical (unpaired) electrons. The van der Waals surface area contributed by atoms with Gasteiger partial charge in [0.2, 0.25) is 0 Å². The number of piperidine rings is 1. The lowest BCUT2D eigenvalue weighted by Crippen LogP contribution is -2.55. The standard InChI is InChI=1S/C25H33N3O2/c29-23-25(16-20(30-23)17-28-18-26-21-6-2-3-7-22(21)28)10-12-27(13-11-25)19-14-24(15-19)8-4-1-5-9-24/h2-3,6-7,18-20H,1,4-5,8-17H2. The van der Waals surface area contributed by atoms with Gasteiger partial charge in [0.15, 0.2) is 0 Å². The van der Waals surface area contributed by atoms with E-state index in [9.17, 15) is 4.79 Å². The van der Waals surface area contributed by atoms with Crippen molar-refractivity contribution in [3.8, 4) is 0 Å². The van der Waals surface area contributed by atoms with Crippen LogP contribution in [0.2, 0.25) is 0 Å². The number of para-hydroxylation sites is 2. The van der Waals surface area contributed by atoms with Gasteiger partial charge < -0.3 is 14.2 Å². The minimum Gasteiger partial charge on any atom is -0.460 e. The molecule has 2 spiro atoms. The van der Waals surface area contributed by atoms with Crippen LogP contribution in [-0.2, 0) is 16.1 Å². The molecule has 0 bridgehead atoms. The summed E-state index contributed by atoms with van der Waals surface area (Å²) in [5, 5.41) is 0. The minimum atomic E-state index is -0.246. The average Bonchev–Trinajstić information content (AvgIpc) is 3.29. The predicted molar refractivity (Wildman–Crippen MR) is 116 cm³/mol. The third-order valence-electron chi connectivity index (χ3n) is 8.78. The number of hydrogen-bond acceptors (Lipinski definition) is 4. The smallest absolute Gasteiger partial charge is 0.312 e. The van der Waals surface area contributed by atoms with Gasteiger partial charge in [-0.15, -0.1) is 0 Å². The van der Waals surface area contributed by atoms with Gasteiger partial charge >= 0.3 is 5.97 Å². The molecule has 2 aromatic rings. The molecule has 2 saturated heterocycles. The van der Waals surface area contributed by atoms with E-state index in [1.165, 1.54) is 44.9 Å². The number of cyclic esters (lactones) is 1. The maximum atomic E-state index is 12.9. The topological polar surface area (TPSA) is 47.4 Å². The molecule has 6 rings (SSSR count). The fourth-order valence-corrected chi connectivity index (χ4v) is 6.95. The lowest BCUT2D eigenvalue weighted by Gasteiger charge is -2.55. The third-order valence-corrected chi connectivity index (χ3v) is 8.78. The number of fused-ring (bicyclic) bond motifs is 1. The molecule has 1 aromatic heterocycles. The van der Waals surface area contributed by atoms with E-state index in [0.29, 0.717) is 12.0 Å². The predicted octanol–water partition coefficient (Wildman–Crippen LogP) is 4.55. The van der Waals surface area contributed by atoms with Crippen molar-refractivity contribution in [2.45, 2.75) is 82.9 Å². The van der Waals surface area contributed by atoms with Crippen molar-refractivity contribution in [2.75, 3.05) is 13.1 Å². The number of hydrogen-bond donors (Lipinski definition) is 0. The van der Waals surface area contributed by atoms with Crippen LogP contribution in [0.5, 0.6) is 0 Å². The average molecular weight is 408 g/mol. The van der Waals surface area contributed by atoms with Crippen LogP contribution in [0.3, 0.4) is 0 Å². The van der Waals surface area contributed by atoms with Gasteiger partial charge in [0.05, 0.1) is 29.3 Å². The Morgan fingerprint density at radius 3 is 2.57 bits per heavy atom. The van der Waals surface area contributed by atoms with Crippen LogP contribution < -0.4 is 0 Å². The van der Waals surface area contributed by atoms with Crippen molar-refractivity contribution in [1.29, 1.82) is 0 Å². The Kier molecular flexibility index (Phi) is 4.45. The van der Waals surface area contributed by atoms with Crippen molar-refractivity contribution >= 4 is 17.0 Å². The molecule has 1 unspecified atom stereocenters. The first-order valence-corrected chi connectivity index (χ1v) is 12.0. The van der Waals surface area contributed by atoms with E-state index in [4.69, 9.17) is 4.74 Å². The van der Waals surface area contributed by atoms with Crippen LogP contribution in [0.1, 0.15) is 64.2 Å². The highest BCUT2D eigenvalue weighted by Gasteiger charge is 2.53. The van der Waals surface area contributed by atoms with E-state index < -0.39 is 0 Å². The Morgan fingerprint density at radius 2 is 1.77 bits per heavy atom. The second kappa shape index (κ2) is 7.08. The highest BCUT2D eigenvalue weighted by Crippen LogP contribution is 2.54. The monoisotopic (exact) mass is 407 g/mol. The zero-order valence-corrected chi connectivity index (χ0v) is 17.9. The second-order valence-corrected chi connectivity index (χ2v) is 10.6. The fourth-order valence-electron chi connectivity index (χ4n) is 6.95. The lowest BCUT2D eigenvalue weighted by molar-refractivity contribution is -0.152.